The maximum atomic E-state index is 12.0. The van der Waals surface area contributed by atoms with Gasteiger partial charge in [0, 0.05) is 11.1 Å². The summed E-state index contributed by atoms with van der Waals surface area (Å²) in [7, 11) is 0. The average Bonchev–Trinajstić information content (AvgIpc) is 3.40. The lowest BCUT2D eigenvalue weighted by molar-refractivity contribution is 0.0946. The van der Waals surface area contributed by atoms with E-state index >= 15 is 0 Å². The van der Waals surface area contributed by atoms with Gasteiger partial charge in [-0.3, -0.25) is 9.78 Å². The smallest absolute Gasteiger partial charge is 0.270 e. The van der Waals surface area contributed by atoms with Gasteiger partial charge in [-0.25, -0.2) is 0 Å². The Morgan fingerprint density at radius 1 is 1.12 bits per heavy atom. The van der Waals surface area contributed by atoms with E-state index in [4.69, 9.17) is 4.52 Å². The van der Waals surface area contributed by atoms with Crippen molar-refractivity contribution < 1.29 is 9.32 Å². The first kappa shape index (κ1) is 15.7. The van der Waals surface area contributed by atoms with Crippen LogP contribution in [-0.2, 0) is 6.54 Å². The van der Waals surface area contributed by atoms with E-state index in [1.54, 1.807) is 35.7 Å². The summed E-state index contributed by atoms with van der Waals surface area (Å²) in [6.07, 6.45) is 1.60. The monoisotopic (exact) mass is 368 g/mol. The third kappa shape index (κ3) is 3.49. The van der Waals surface area contributed by atoms with Gasteiger partial charge in [0.05, 0.1) is 16.3 Å². The summed E-state index contributed by atoms with van der Waals surface area (Å²) in [5, 5.41) is 8.83. The molecule has 8 heteroatoms. The lowest BCUT2D eigenvalue weighted by Crippen LogP contribution is -2.23. The molecule has 124 valence electrons. The van der Waals surface area contributed by atoms with Crippen molar-refractivity contribution in [2.75, 3.05) is 0 Å². The minimum Gasteiger partial charge on any atom is -0.346 e. The normalized spacial score (nSPS) is 10.7. The number of nitrogens with one attached hydrogen (secondary N) is 1. The highest BCUT2D eigenvalue weighted by molar-refractivity contribution is 7.15. The number of amides is 1. The van der Waals surface area contributed by atoms with E-state index in [1.165, 1.54) is 11.3 Å². The van der Waals surface area contributed by atoms with Crippen LogP contribution in [0.3, 0.4) is 0 Å². The highest BCUT2D eigenvalue weighted by Gasteiger charge is 2.14. The van der Waals surface area contributed by atoms with Crippen molar-refractivity contribution in [1.82, 2.24) is 20.4 Å². The van der Waals surface area contributed by atoms with Crippen molar-refractivity contribution in [3.05, 3.63) is 64.6 Å². The van der Waals surface area contributed by atoms with Crippen LogP contribution in [0.1, 0.15) is 15.4 Å². The van der Waals surface area contributed by atoms with Crippen LogP contribution < -0.4 is 5.32 Å². The number of hydrogen-bond acceptors (Lipinski definition) is 7. The summed E-state index contributed by atoms with van der Waals surface area (Å²) in [6, 6.07) is 13.0. The van der Waals surface area contributed by atoms with Crippen LogP contribution in [0.2, 0.25) is 0 Å². The molecule has 0 aliphatic carbocycles. The van der Waals surface area contributed by atoms with Crippen LogP contribution in [0.25, 0.3) is 21.5 Å². The van der Waals surface area contributed by atoms with Crippen molar-refractivity contribution in [3.8, 4) is 21.5 Å². The van der Waals surface area contributed by atoms with Crippen LogP contribution in [0.15, 0.2) is 58.6 Å². The molecule has 25 heavy (non-hydrogen) atoms. The number of hydrogen-bond donors (Lipinski definition) is 1. The van der Waals surface area contributed by atoms with E-state index < -0.39 is 0 Å². The number of nitrogens with zero attached hydrogens (tertiary/aromatic N) is 3. The predicted molar refractivity (Wildman–Crippen MR) is 96.3 cm³/mol. The highest BCUT2D eigenvalue weighted by atomic mass is 32.1. The fourth-order valence-electron chi connectivity index (χ4n) is 2.17. The van der Waals surface area contributed by atoms with Gasteiger partial charge in [0.25, 0.3) is 11.8 Å². The summed E-state index contributed by atoms with van der Waals surface area (Å²) in [4.78, 5) is 23.3. The summed E-state index contributed by atoms with van der Waals surface area (Å²) in [6.45, 7) is 0.423. The lowest BCUT2D eigenvalue weighted by atomic mass is 10.3. The van der Waals surface area contributed by atoms with E-state index in [0.717, 1.165) is 14.6 Å². The SMILES string of the molecule is O=C(NCc1ccc(-c2nc(-c3cccs3)no2)s1)c1ccccn1. The van der Waals surface area contributed by atoms with Crippen LogP contribution in [0.4, 0.5) is 0 Å². The van der Waals surface area contributed by atoms with E-state index in [0.29, 0.717) is 24.0 Å². The molecule has 1 N–H and O–H groups in total. The fraction of sp³-hybridized carbons (Fsp3) is 0.0588. The molecule has 0 saturated carbocycles. The molecule has 0 radical (unpaired) electrons. The molecule has 4 aromatic heterocycles. The van der Waals surface area contributed by atoms with Crippen molar-refractivity contribution in [2.45, 2.75) is 6.54 Å². The molecule has 4 rings (SSSR count). The quantitative estimate of drug-likeness (QED) is 0.579. The van der Waals surface area contributed by atoms with Gasteiger partial charge in [-0.05, 0) is 35.7 Å². The van der Waals surface area contributed by atoms with Gasteiger partial charge in [0.2, 0.25) is 5.82 Å². The van der Waals surface area contributed by atoms with Gasteiger partial charge >= 0.3 is 0 Å². The van der Waals surface area contributed by atoms with Gasteiger partial charge in [-0.1, -0.05) is 17.3 Å². The van der Waals surface area contributed by atoms with Crippen LogP contribution in [0, 0.1) is 0 Å². The first-order valence-electron chi connectivity index (χ1n) is 7.45. The molecule has 0 spiro atoms. The zero-order valence-electron chi connectivity index (χ0n) is 12.9. The lowest BCUT2D eigenvalue weighted by Gasteiger charge is -2.02. The average molecular weight is 368 g/mol. The number of rotatable bonds is 5. The molecule has 6 nitrogen and oxygen atoms in total. The van der Waals surface area contributed by atoms with Gasteiger partial charge < -0.3 is 9.84 Å². The summed E-state index contributed by atoms with van der Waals surface area (Å²) < 4.78 is 5.34. The van der Waals surface area contributed by atoms with Crippen molar-refractivity contribution in [1.29, 1.82) is 0 Å². The van der Waals surface area contributed by atoms with Crippen molar-refractivity contribution in [2.24, 2.45) is 0 Å². The van der Waals surface area contributed by atoms with Gasteiger partial charge in [0.1, 0.15) is 5.69 Å². The van der Waals surface area contributed by atoms with Gasteiger partial charge in [0.15, 0.2) is 0 Å². The maximum absolute atomic E-state index is 12.0. The molecular weight excluding hydrogens is 356 g/mol. The Bertz CT molecular complexity index is 977. The van der Waals surface area contributed by atoms with Crippen molar-refractivity contribution >= 4 is 28.6 Å². The first-order valence-corrected chi connectivity index (χ1v) is 9.15. The molecule has 0 aliphatic heterocycles. The van der Waals surface area contributed by atoms with Crippen LogP contribution in [-0.4, -0.2) is 21.0 Å². The summed E-state index contributed by atoms with van der Waals surface area (Å²) in [5.41, 5.74) is 0.400. The second-order valence-corrected chi connectivity index (χ2v) is 7.18. The van der Waals surface area contributed by atoms with Crippen molar-refractivity contribution in [3.63, 3.8) is 0 Å². The van der Waals surface area contributed by atoms with E-state index in [9.17, 15) is 4.79 Å². The number of carbonyl (C=O) groups excluding carboxylic acids is 1. The molecule has 0 unspecified atom stereocenters. The Morgan fingerprint density at radius 3 is 2.88 bits per heavy atom. The van der Waals surface area contributed by atoms with E-state index in [-0.39, 0.29) is 5.91 Å². The Balaban J connectivity index is 1.43. The molecule has 1 amide bonds. The molecule has 0 aromatic carbocycles. The highest BCUT2D eigenvalue weighted by Crippen LogP contribution is 2.29. The Hall–Kier alpha value is -2.84. The molecular formula is C17H12N4O2S2. The molecule has 0 aliphatic rings. The zero-order chi connectivity index (χ0) is 17.1. The third-order valence-corrected chi connectivity index (χ3v) is 5.30. The van der Waals surface area contributed by atoms with Gasteiger partial charge in [-0.15, -0.1) is 22.7 Å². The number of aromatic nitrogens is 3. The number of thiophene rings is 2. The molecule has 4 heterocycles. The Kier molecular flexibility index (Phi) is 4.36. The van der Waals surface area contributed by atoms with E-state index in [1.807, 2.05) is 29.6 Å². The summed E-state index contributed by atoms with van der Waals surface area (Å²) >= 11 is 3.07. The number of carbonyl (C=O) groups is 1. The third-order valence-electron chi connectivity index (χ3n) is 3.36. The minimum absolute atomic E-state index is 0.201. The minimum atomic E-state index is -0.201. The Labute approximate surface area is 151 Å². The zero-order valence-corrected chi connectivity index (χ0v) is 14.5. The molecule has 0 bridgehead atoms. The number of pyridine rings is 1. The molecule has 0 atom stereocenters. The summed E-state index contributed by atoms with van der Waals surface area (Å²) in [5.74, 6) is 0.868. The second kappa shape index (κ2) is 6.96. The molecule has 4 aromatic rings. The molecule has 0 saturated heterocycles. The standard InChI is InChI=1S/C17H12N4O2S2/c22-16(12-4-1-2-8-18-12)19-10-11-6-7-14(25-11)17-20-15(21-23-17)13-5-3-9-24-13/h1-9H,10H2,(H,19,22). The van der Waals surface area contributed by atoms with Crippen LogP contribution >= 0.6 is 22.7 Å². The predicted octanol–water partition coefficient (Wildman–Crippen LogP) is 3.85. The van der Waals surface area contributed by atoms with Gasteiger partial charge in [-0.2, -0.15) is 4.98 Å². The largest absolute Gasteiger partial charge is 0.346 e. The topological polar surface area (TPSA) is 80.9 Å². The fourth-order valence-corrected chi connectivity index (χ4v) is 3.69. The maximum Gasteiger partial charge on any atom is 0.270 e. The Morgan fingerprint density at radius 2 is 2.08 bits per heavy atom. The van der Waals surface area contributed by atoms with Crippen LogP contribution in [0.5, 0.6) is 0 Å². The first-order chi connectivity index (χ1) is 12.3. The molecule has 0 fully saturated rings. The second-order valence-electron chi connectivity index (χ2n) is 5.06. The van der Waals surface area contributed by atoms with E-state index in [2.05, 4.69) is 20.4 Å².